The topological polar surface area (TPSA) is 49.4 Å². The zero-order valence-corrected chi connectivity index (χ0v) is 12.2. The number of hydrogen-bond acceptors (Lipinski definition) is 3. The molecule has 0 spiro atoms. The molecule has 0 saturated carbocycles. The van der Waals surface area contributed by atoms with Gasteiger partial charge in [0.05, 0.1) is 11.3 Å². The van der Waals surface area contributed by atoms with Gasteiger partial charge in [-0.25, -0.2) is 0 Å². The molecule has 1 N–H and O–H groups in total. The molecular weight excluding hydrogens is 252 g/mol. The molecule has 1 aromatic rings. The number of likely N-dealkylation sites (N-methyl/N-ethyl adjacent to an activating group) is 1. The van der Waals surface area contributed by atoms with E-state index in [1.807, 2.05) is 26.8 Å². The first-order valence-electron chi connectivity index (χ1n) is 6.80. The van der Waals surface area contributed by atoms with Crippen LogP contribution in [0.3, 0.4) is 0 Å². The molecule has 0 fully saturated rings. The second-order valence-electron chi connectivity index (χ2n) is 5.23. The summed E-state index contributed by atoms with van der Waals surface area (Å²) >= 11 is 0. The van der Waals surface area contributed by atoms with Crippen LogP contribution in [0.1, 0.15) is 28.4 Å². The first-order valence-corrected chi connectivity index (χ1v) is 6.80. The Morgan fingerprint density at radius 3 is 2.65 bits per heavy atom. The fourth-order valence-corrected chi connectivity index (χ4v) is 2.56. The number of carbonyl (C=O) groups is 2. The summed E-state index contributed by atoms with van der Waals surface area (Å²) in [6.07, 6.45) is 0. The average molecular weight is 272 g/mol. The molecule has 0 aromatic heterocycles. The van der Waals surface area contributed by atoms with Crippen LogP contribution < -0.4 is 10.2 Å². The predicted octanol–water partition coefficient (Wildman–Crippen LogP) is 2.00. The normalized spacial score (nSPS) is 13.8. The van der Waals surface area contributed by atoms with Crippen molar-refractivity contribution in [1.29, 1.82) is 0 Å². The summed E-state index contributed by atoms with van der Waals surface area (Å²) in [4.78, 5) is 25.8. The number of aryl methyl sites for hydroxylation is 2. The minimum atomic E-state index is -0.452. The summed E-state index contributed by atoms with van der Waals surface area (Å²) in [5, 5.41) is 3.17. The molecule has 0 aliphatic carbocycles. The molecule has 1 amide bonds. The summed E-state index contributed by atoms with van der Waals surface area (Å²) in [6, 6.07) is 3.78. The third-order valence-corrected chi connectivity index (χ3v) is 3.41. The Labute approximate surface area is 119 Å². The van der Waals surface area contributed by atoms with Crippen molar-refractivity contribution in [3.05, 3.63) is 41.0 Å². The van der Waals surface area contributed by atoms with Gasteiger partial charge in [0.1, 0.15) is 0 Å². The Hall–Kier alpha value is -1.94. The molecule has 1 aliphatic rings. The van der Waals surface area contributed by atoms with Crippen LogP contribution in [-0.2, 0) is 4.79 Å². The fourth-order valence-electron chi connectivity index (χ4n) is 2.56. The van der Waals surface area contributed by atoms with Crippen LogP contribution in [0.25, 0.3) is 0 Å². The summed E-state index contributed by atoms with van der Waals surface area (Å²) < 4.78 is 0. The standard InChI is InChI=1S/C16H20N2O2/c1-5-17-8-11(3)9-18-14-12(4)6-10(2)7-13(14)15(19)16(18)20/h6-7,17H,3,5,8-9H2,1-2,4H3. The highest BCUT2D eigenvalue weighted by Crippen LogP contribution is 2.33. The molecule has 4 heteroatoms. The van der Waals surface area contributed by atoms with Gasteiger partial charge in [-0.3, -0.25) is 9.59 Å². The first kappa shape index (κ1) is 14.5. The Balaban J connectivity index is 2.31. The molecule has 2 rings (SSSR count). The predicted molar refractivity (Wildman–Crippen MR) is 80.3 cm³/mol. The van der Waals surface area contributed by atoms with E-state index >= 15 is 0 Å². The van der Waals surface area contributed by atoms with Crippen molar-refractivity contribution >= 4 is 17.4 Å². The van der Waals surface area contributed by atoms with Crippen molar-refractivity contribution in [3.8, 4) is 0 Å². The average Bonchev–Trinajstić information content (AvgIpc) is 2.62. The third-order valence-electron chi connectivity index (χ3n) is 3.41. The monoisotopic (exact) mass is 272 g/mol. The van der Waals surface area contributed by atoms with Crippen LogP contribution in [0, 0.1) is 13.8 Å². The van der Waals surface area contributed by atoms with Gasteiger partial charge in [-0.1, -0.05) is 19.6 Å². The van der Waals surface area contributed by atoms with Crippen molar-refractivity contribution in [2.75, 3.05) is 24.5 Å². The lowest BCUT2D eigenvalue weighted by Crippen LogP contribution is -2.33. The van der Waals surface area contributed by atoms with Gasteiger partial charge >= 0.3 is 0 Å². The first-order chi connectivity index (χ1) is 9.45. The Kier molecular flexibility index (Phi) is 4.04. The van der Waals surface area contributed by atoms with E-state index in [4.69, 9.17) is 0 Å². The highest BCUT2D eigenvalue weighted by molar-refractivity contribution is 6.52. The molecule has 1 heterocycles. The number of amides is 1. The highest BCUT2D eigenvalue weighted by Gasteiger charge is 2.37. The quantitative estimate of drug-likeness (QED) is 0.659. The van der Waals surface area contributed by atoms with Gasteiger partial charge in [-0.05, 0) is 43.2 Å². The summed E-state index contributed by atoms with van der Waals surface area (Å²) in [5.41, 5.74) is 4.10. The van der Waals surface area contributed by atoms with Crippen LogP contribution in [0.2, 0.25) is 0 Å². The molecule has 0 bridgehead atoms. The van der Waals surface area contributed by atoms with E-state index < -0.39 is 11.7 Å². The largest absolute Gasteiger partial charge is 0.313 e. The zero-order valence-electron chi connectivity index (χ0n) is 12.2. The molecule has 0 radical (unpaired) electrons. The summed E-state index contributed by atoms with van der Waals surface area (Å²) in [7, 11) is 0. The van der Waals surface area contributed by atoms with Crippen LogP contribution in [0.15, 0.2) is 24.3 Å². The molecule has 0 unspecified atom stereocenters. The van der Waals surface area contributed by atoms with Gasteiger partial charge in [-0.2, -0.15) is 0 Å². The number of fused-ring (bicyclic) bond motifs is 1. The molecule has 0 saturated heterocycles. The second-order valence-corrected chi connectivity index (χ2v) is 5.23. The zero-order chi connectivity index (χ0) is 14.9. The van der Waals surface area contributed by atoms with Gasteiger partial charge in [-0.15, -0.1) is 0 Å². The van der Waals surface area contributed by atoms with Gasteiger partial charge in [0.25, 0.3) is 11.7 Å². The van der Waals surface area contributed by atoms with Crippen LogP contribution in [0.5, 0.6) is 0 Å². The van der Waals surface area contributed by atoms with Crippen molar-refractivity contribution in [2.45, 2.75) is 20.8 Å². The van der Waals surface area contributed by atoms with Crippen molar-refractivity contribution in [1.82, 2.24) is 5.32 Å². The SMILES string of the molecule is C=C(CNCC)CN1C(=O)C(=O)c2cc(C)cc(C)c21. The maximum absolute atomic E-state index is 12.1. The number of benzene rings is 1. The van der Waals surface area contributed by atoms with Gasteiger partial charge in [0.15, 0.2) is 0 Å². The van der Waals surface area contributed by atoms with E-state index in [-0.39, 0.29) is 0 Å². The minimum Gasteiger partial charge on any atom is -0.313 e. The summed E-state index contributed by atoms with van der Waals surface area (Å²) in [6.45, 7) is 11.7. The van der Waals surface area contributed by atoms with E-state index in [1.54, 1.807) is 11.0 Å². The molecule has 20 heavy (non-hydrogen) atoms. The van der Waals surface area contributed by atoms with Crippen LogP contribution >= 0.6 is 0 Å². The molecule has 4 nitrogen and oxygen atoms in total. The van der Waals surface area contributed by atoms with Gasteiger partial charge < -0.3 is 10.2 Å². The lowest BCUT2D eigenvalue weighted by Gasteiger charge is -2.20. The number of anilines is 1. The van der Waals surface area contributed by atoms with E-state index in [0.717, 1.165) is 28.9 Å². The van der Waals surface area contributed by atoms with Crippen molar-refractivity contribution in [3.63, 3.8) is 0 Å². The molecular formula is C16H20N2O2. The maximum Gasteiger partial charge on any atom is 0.299 e. The number of nitrogens with one attached hydrogen (secondary N) is 1. The van der Waals surface area contributed by atoms with E-state index in [0.29, 0.717) is 18.7 Å². The van der Waals surface area contributed by atoms with E-state index in [9.17, 15) is 9.59 Å². The minimum absolute atomic E-state index is 0.383. The Bertz CT molecular complexity index is 590. The Morgan fingerprint density at radius 2 is 2.00 bits per heavy atom. The van der Waals surface area contributed by atoms with E-state index in [1.165, 1.54) is 0 Å². The Morgan fingerprint density at radius 1 is 1.30 bits per heavy atom. The lowest BCUT2D eigenvalue weighted by atomic mass is 10.0. The van der Waals surface area contributed by atoms with Gasteiger partial charge in [0.2, 0.25) is 0 Å². The maximum atomic E-state index is 12.1. The number of nitrogens with zero attached hydrogens (tertiary/aromatic N) is 1. The van der Waals surface area contributed by atoms with E-state index in [2.05, 4.69) is 11.9 Å². The fraction of sp³-hybridized carbons (Fsp3) is 0.375. The smallest absolute Gasteiger partial charge is 0.299 e. The highest BCUT2D eigenvalue weighted by atomic mass is 16.2. The second kappa shape index (κ2) is 5.59. The number of hydrogen-bond donors (Lipinski definition) is 1. The molecule has 1 aliphatic heterocycles. The molecule has 0 atom stereocenters. The van der Waals surface area contributed by atoms with Gasteiger partial charge in [0, 0.05) is 13.1 Å². The van der Waals surface area contributed by atoms with Crippen molar-refractivity contribution in [2.24, 2.45) is 0 Å². The third kappa shape index (κ3) is 2.51. The van der Waals surface area contributed by atoms with Crippen LogP contribution in [0.4, 0.5) is 5.69 Å². The number of carbonyl (C=O) groups excluding carboxylic acids is 2. The lowest BCUT2D eigenvalue weighted by molar-refractivity contribution is -0.114. The number of Topliss-reactive ketones (excluding diaryl/α,β-unsaturated/α-hetero) is 1. The van der Waals surface area contributed by atoms with Crippen molar-refractivity contribution < 1.29 is 9.59 Å². The summed E-state index contributed by atoms with van der Waals surface area (Å²) in [5.74, 6) is -0.866. The molecule has 1 aromatic carbocycles. The molecule has 106 valence electrons. The number of rotatable bonds is 5. The van der Waals surface area contributed by atoms with Crippen LogP contribution in [-0.4, -0.2) is 31.3 Å². The number of ketones is 1.